The molecule has 2 aromatic rings. The molecule has 8 heteroatoms. The molecule has 3 N–H and O–H groups in total. The standard InChI is InChI=1S/C12H13N3O4S/c13-9-3-1-2-8(10(9)16)12-14-11(15-19-12)7-4-5-20(17,18)6-7/h1-3,7,16H,4-6,13H2. The van der Waals surface area contributed by atoms with Gasteiger partial charge in [-0.1, -0.05) is 11.2 Å². The molecule has 0 radical (unpaired) electrons. The van der Waals surface area contributed by atoms with E-state index < -0.39 is 9.84 Å². The maximum absolute atomic E-state index is 11.4. The minimum atomic E-state index is -3.00. The third-order valence-electron chi connectivity index (χ3n) is 3.34. The summed E-state index contributed by atoms with van der Waals surface area (Å²) >= 11 is 0. The van der Waals surface area contributed by atoms with Gasteiger partial charge in [0.15, 0.2) is 21.4 Å². The van der Waals surface area contributed by atoms with Crippen molar-refractivity contribution in [2.45, 2.75) is 12.3 Å². The normalized spacial score (nSPS) is 21.1. The first kappa shape index (κ1) is 12.9. The molecule has 0 amide bonds. The lowest BCUT2D eigenvalue weighted by molar-refractivity contribution is 0.413. The van der Waals surface area contributed by atoms with Crippen LogP contribution in [0.2, 0.25) is 0 Å². The summed E-state index contributed by atoms with van der Waals surface area (Å²) in [6, 6.07) is 4.82. The summed E-state index contributed by atoms with van der Waals surface area (Å²) in [5.41, 5.74) is 6.15. The predicted octanol–water partition coefficient (Wildman–Crippen LogP) is 0.927. The highest BCUT2D eigenvalue weighted by atomic mass is 32.2. The van der Waals surface area contributed by atoms with Crippen LogP contribution in [0.3, 0.4) is 0 Å². The molecule has 1 aromatic heterocycles. The van der Waals surface area contributed by atoms with Crippen LogP contribution in [0.25, 0.3) is 11.5 Å². The summed E-state index contributed by atoms with van der Waals surface area (Å²) in [5, 5.41) is 13.7. The molecule has 0 spiro atoms. The first-order valence-corrected chi connectivity index (χ1v) is 7.90. The van der Waals surface area contributed by atoms with Crippen molar-refractivity contribution in [3.63, 3.8) is 0 Å². The van der Waals surface area contributed by atoms with Gasteiger partial charge < -0.3 is 15.4 Å². The van der Waals surface area contributed by atoms with Gasteiger partial charge in [0.1, 0.15) is 0 Å². The third kappa shape index (κ3) is 2.22. The third-order valence-corrected chi connectivity index (χ3v) is 5.10. The lowest BCUT2D eigenvalue weighted by atomic mass is 10.1. The molecule has 3 rings (SSSR count). The van der Waals surface area contributed by atoms with E-state index in [0.717, 1.165) is 0 Å². The minimum Gasteiger partial charge on any atom is -0.505 e. The van der Waals surface area contributed by atoms with Gasteiger partial charge in [-0.3, -0.25) is 0 Å². The Bertz CT molecular complexity index is 754. The molecule has 7 nitrogen and oxygen atoms in total. The zero-order valence-electron chi connectivity index (χ0n) is 10.5. The van der Waals surface area contributed by atoms with Crippen molar-refractivity contribution in [1.29, 1.82) is 0 Å². The Morgan fingerprint density at radius 2 is 2.20 bits per heavy atom. The molecule has 1 aliphatic rings. The number of phenolic OH excluding ortho intramolecular Hbond substituents is 1. The van der Waals surface area contributed by atoms with Crippen molar-refractivity contribution in [2.24, 2.45) is 0 Å². The number of sulfone groups is 1. The van der Waals surface area contributed by atoms with E-state index in [1.807, 2.05) is 0 Å². The van der Waals surface area contributed by atoms with Crippen LogP contribution in [0.1, 0.15) is 18.2 Å². The number of anilines is 1. The molecular weight excluding hydrogens is 282 g/mol. The lowest BCUT2D eigenvalue weighted by Crippen LogP contribution is -2.05. The molecule has 0 aliphatic carbocycles. The van der Waals surface area contributed by atoms with Crippen LogP contribution in [-0.4, -0.2) is 35.2 Å². The summed E-state index contributed by atoms with van der Waals surface area (Å²) in [4.78, 5) is 4.17. The van der Waals surface area contributed by atoms with Gasteiger partial charge >= 0.3 is 0 Å². The maximum atomic E-state index is 11.4. The lowest BCUT2D eigenvalue weighted by Gasteiger charge is -2.02. The van der Waals surface area contributed by atoms with Crippen LogP contribution >= 0.6 is 0 Å². The predicted molar refractivity (Wildman–Crippen MR) is 71.8 cm³/mol. The highest BCUT2D eigenvalue weighted by Gasteiger charge is 2.32. The van der Waals surface area contributed by atoms with Gasteiger partial charge in [0.25, 0.3) is 5.89 Å². The van der Waals surface area contributed by atoms with Gasteiger partial charge in [-0.25, -0.2) is 8.42 Å². The van der Waals surface area contributed by atoms with Crippen LogP contribution in [0, 0.1) is 0 Å². The Hall–Kier alpha value is -2.09. The van der Waals surface area contributed by atoms with E-state index >= 15 is 0 Å². The molecule has 106 valence electrons. The van der Waals surface area contributed by atoms with Crippen molar-refractivity contribution in [2.75, 3.05) is 17.2 Å². The second kappa shape index (κ2) is 4.48. The second-order valence-corrected chi connectivity index (χ2v) is 7.03. The van der Waals surface area contributed by atoms with Gasteiger partial charge in [-0.2, -0.15) is 4.98 Å². The first-order chi connectivity index (χ1) is 9.46. The van der Waals surface area contributed by atoms with E-state index in [0.29, 0.717) is 17.8 Å². The summed E-state index contributed by atoms with van der Waals surface area (Å²) in [7, 11) is -3.00. The van der Waals surface area contributed by atoms with E-state index in [1.54, 1.807) is 18.2 Å². The van der Waals surface area contributed by atoms with Crippen LogP contribution in [-0.2, 0) is 9.84 Å². The minimum absolute atomic E-state index is 0.0366. The van der Waals surface area contributed by atoms with Gasteiger partial charge in [-0.15, -0.1) is 0 Å². The molecule has 1 unspecified atom stereocenters. The van der Waals surface area contributed by atoms with Gasteiger partial charge in [0.2, 0.25) is 0 Å². The van der Waals surface area contributed by atoms with Crippen LogP contribution in [0.5, 0.6) is 5.75 Å². The molecule has 20 heavy (non-hydrogen) atoms. The molecule has 1 atom stereocenters. The summed E-state index contributed by atoms with van der Waals surface area (Å²) in [5.74, 6) is 0.291. The highest BCUT2D eigenvalue weighted by Crippen LogP contribution is 2.34. The Balaban J connectivity index is 1.93. The summed E-state index contributed by atoms with van der Waals surface area (Å²) in [6.07, 6.45) is 0.490. The zero-order chi connectivity index (χ0) is 14.3. The number of nitrogen functional groups attached to an aromatic ring is 1. The van der Waals surface area contributed by atoms with E-state index in [1.165, 1.54) is 0 Å². The van der Waals surface area contributed by atoms with Gasteiger partial charge in [-0.05, 0) is 18.6 Å². The van der Waals surface area contributed by atoms with Crippen molar-refractivity contribution in [1.82, 2.24) is 10.1 Å². The topological polar surface area (TPSA) is 119 Å². The number of para-hydroxylation sites is 1. The largest absolute Gasteiger partial charge is 0.505 e. The molecule has 1 aliphatic heterocycles. The zero-order valence-corrected chi connectivity index (χ0v) is 11.3. The fourth-order valence-corrected chi connectivity index (χ4v) is 3.98. The highest BCUT2D eigenvalue weighted by molar-refractivity contribution is 7.91. The average Bonchev–Trinajstić information content (AvgIpc) is 2.99. The number of hydrogen-bond donors (Lipinski definition) is 2. The number of phenols is 1. The van der Waals surface area contributed by atoms with Crippen molar-refractivity contribution in [3.8, 4) is 17.2 Å². The molecule has 1 fully saturated rings. The van der Waals surface area contributed by atoms with Crippen molar-refractivity contribution < 1.29 is 18.0 Å². The second-order valence-electron chi connectivity index (χ2n) is 4.80. The molecule has 1 aromatic carbocycles. The van der Waals surface area contributed by atoms with Crippen LogP contribution in [0.4, 0.5) is 5.69 Å². The Morgan fingerprint density at radius 3 is 2.90 bits per heavy atom. The van der Waals surface area contributed by atoms with Crippen LogP contribution in [0.15, 0.2) is 22.7 Å². The SMILES string of the molecule is Nc1cccc(-c2nc(C3CCS(=O)(=O)C3)no2)c1O. The fourth-order valence-electron chi connectivity index (χ4n) is 2.24. The molecular formula is C12H13N3O4S. The smallest absolute Gasteiger partial charge is 0.261 e. The average molecular weight is 295 g/mol. The number of hydrogen-bond acceptors (Lipinski definition) is 7. The Kier molecular flexibility index (Phi) is 2.89. The monoisotopic (exact) mass is 295 g/mol. The quantitative estimate of drug-likeness (QED) is 0.624. The summed E-state index contributed by atoms with van der Waals surface area (Å²) in [6.45, 7) is 0. The van der Waals surface area contributed by atoms with Gasteiger partial charge in [0, 0.05) is 5.92 Å². The first-order valence-electron chi connectivity index (χ1n) is 6.08. The van der Waals surface area contributed by atoms with E-state index in [2.05, 4.69) is 10.1 Å². The van der Waals surface area contributed by atoms with E-state index in [4.69, 9.17) is 10.3 Å². The fraction of sp³-hybridized carbons (Fsp3) is 0.333. The van der Waals surface area contributed by atoms with Crippen molar-refractivity contribution >= 4 is 15.5 Å². The van der Waals surface area contributed by atoms with E-state index in [-0.39, 0.29) is 34.8 Å². The molecule has 0 bridgehead atoms. The van der Waals surface area contributed by atoms with E-state index in [9.17, 15) is 13.5 Å². The number of rotatable bonds is 2. The van der Waals surface area contributed by atoms with Crippen molar-refractivity contribution in [3.05, 3.63) is 24.0 Å². The Labute approximate surface area is 115 Å². The number of nitrogens with two attached hydrogens (primary N) is 1. The van der Waals surface area contributed by atoms with Crippen LogP contribution < -0.4 is 5.73 Å². The number of benzene rings is 1. The van der Waals surface area contributed by atoms with Gasteiger partial charge in [0.05, 0.1) is 22.8 Å². The Morgan fingerprint density at radius 1 is 1.40 bits per heavy atom. The molecule has 0 saturated carbocycles. The number of aromatic hydroxyl groups is 1. The maximum Gasteiger partial charge on any atom is 0.261 e. The number of nitrogens with zero attached hydrogens (tertiary/aromatic N) is 2. The molecule has 2 heterocycles. The molecule has 1 saturated heterocycles. The number of aromatic nitrogens is 2. The summed E-state index contributed by atoms with van der Waals surface area (Å²) < 4.78 is 28.0.